The van der Waals surface area contributed by atoms with E-state index in [1.807, 2.05) is 10.9 Å². The first-order chi connectivity index (χ1) is 10.3. The lowest BCUT2D eigenvalue weighted by Crippen LogP contribution is -2.32. The molecule has 1 aliphatic heterocycles. The molecule has 0 spiro atoms. The zero-order chi connectivity index (χ0) is 14.5. The number of nitrogens with zero attached hydrogens (tertiary/aromatic N) is 2. The Labute approximate surface area is 128 Å². The minimum atomic E-state index is -0.0900. The summed E-state index contributed by atoms with van der Waals surface area (Å²) in [5.41, 5.74) is 1.77. The molecule has 0 aromatic carbocycles. The van der Waals surface area contributed by atoms with Crippen LogP contribution in [-0.2, 0) is 6.42 Å². The molecule has 21 heavy (non-hydrogen) atoms. The highest BCUT2D eigenvalue weighted by Gasteiger charge is 2.17. The van der Waals surface area contributed by atoms with Crippen LogP contribution in [0.25, 0.3) is 0 Å². The van der Waals surface area contributed by atoms with Crippen LogP contribution in [0.1, 0.15) is 34.9 Å². The molecule has 0 saturated carbocycles. The maximum atomic E-state index is 12.1. The monoisotopic (exact) mass is 304 g/mol. The Morgan fingerprint density at radius 2 is 2.48 bits per heavy atom. The number of hydrogen-bond acceptors (Lipinski definition) is 4. The van der Waals surface area contributed by atoms with Crippen molar-refractivity contribution in [3.8, 4) is 0 Å². The van der Waals surface area contributed by atoms with Gasteiger partial charge >= 0.3 is 0 Å². The second-order valence-electron chi connectivity index (χ2n) is 5.32. The molecule has 0 aliphatic carbocycles. The van der Waals surface area contributed by atoms with E-state index in [2.05, 4.69) is 32.6 Å². The van der Waals surface area contributed by atoms with Crippen LogP contribution < -0.4 is 10.6 Å². The molecule has 1 amide bonds. The molecule has 0 unspecified atom stereocenters. The number of rotatable bonds is 5. The lowest BCUT2D eigenvalue weighted by atomic mass is 10.1. The first-order valence-electron chi connectivity index (χ1n) is 7.38. The summed E-state index contributed by atoms with van der Waals surface area (Å²) < 4.78 is 1.92. The lowest BCUT2D eigenvalue weighted by Gasteiger charge is -2.22. The highest BCUT2D eigenvalue weighted by Crippen LogP contribution is 2.15. The van der Waals surface area contributed by atoms with Gasteiger partial charge in [0.2, 0.25) is 0 Å². The van der Waals surface area contributed by atoms with Crippen LogP contribution in [0, 0.1) is 0 Å². The first kappa shape index (κ1) is 14.3. The predicted molar refractivity (Wildman–Crippen MR) is 83.7 cm³/mol. The summed E-state index contributed by atoms with van der Waals surface area (Å²) in [6.07, 6.45) is 5.05. The second-order valence-corrected chi connectivity index (χ2v) is 6.10. The van der Waals surface area contributed by atoms with E-state index in [0.29, 0.717) is 18.3 Å². The van der Waals surface area contributed by atoms with Crippen molar-refractivity contribution in [2.45, 2.75) is 25.3 Å². The molecule has 6 heteroatoms. The number of carbonyl (C=O) groups excluding carboxylic acids is 1. The van der Waals surface area contributed by atoms with E-state index < -0.39 is 0 Å². The summed E-state index contributed by atoms with van der Waals surface area (Å²) in [6, 6.07) is 4.25. The van der Waals surface area contributed by atoms with E-state index in [1.54, 1.807) is 17.4 Å². The van der Waals surface area contributed by atoms with Crippen LogP contribution in [-0.4, -0.2) is 35.3 Å². The Hall–Kier alpha value is -1.66. The molecule has 1 atom stereocenters. The van der Waals surface area contributed by atoms with Crippen LogP contribution in [0.4, 0.5) is 0 Å². The number of thiophene rings is 1. The SMILES string of the molecule is O=C(NCCc1ccsc1)c1ccn([C@H]2CCCNC2)n1. The number of nitrogens with one attached hydrogen (secondary N) is 2. The van der Waals surface area contributed by atoms with Crippen molar-refractivity contribution < 1.29 is 4.79 Å². The van der Waals surface area contributed by atoms with Crippen molar-refractivity contribution >= 4 is 17.2 Å². The van der Waals surface area contributed by atoms with E-state index in [1.165, 1.54) is 5.56 Å². The number of amides is 1. The van der Waals surface area contributed by atoms with E-state index in [9.17, 15) is 4.79 Å². The molecule has 1 fully saturated rings. The van der Waals surface area contributed by atoms with Crippen LogP contribution in [0.3, 0.4) is 0 Å². The summed E-state index contributed by atoms with van der Waals surface area (Å²) in [5, 5.41) is 14.9. The first-order valence-corrected chi connectivity index (χ1v) is 8.32. The van der Waals surface area contributed by atoms with E-state index >= 15 is 0 Å². The molecular weight excluding hydrogens is 284 g/mol. The molecule has 1 saturated heterocycles. The quantitative estimate of drug-likeness (QED) is 0.886. The Balaban J connectivity index is 1.51. The summed E-state index contributed by atoms with van der Waals surface area (Å²) in [6.45, 7) is 2.65. The van der Waals surface area contributed by atoms with E-state index in [0.717, 1.165) is 32.4 Å². The van der Waals surface area contributed by atoms with Crippen LogP contribution in [0.15, 0.2) is 29.1 Å². The molecule has 3 heterocycles. The topological polar surface area (TPSA) is 59.0 Å². The Bertz CT molecular complexity index is 572. The fourth-order valence-electron chi connectivity index (χ4n) is 2.57. The number of carbonyl (C=O) groups is 1. The highest BCUT2D eigenvalue weighted by molar-refractivity contribution is 7.07. The molecule has 2 aromatic rings. The van der Waals surface area contributed by atoms with Crippen molar-refractivity contribution in [3.05, 3.63) is 40.3 Å². The van der Waals surface area contributed by atoms with Gasteiger partial charge in [-0.1, -0.05) is 0 Å². The zero-order valence-corrected chi connectivity index (χ0v) is 12.7. The fourth-order valence-corrected chi connectivity index (χ4v) is 3.27. The summed E-state index contributed by atoms with van der Waals surface area (Å²) >= 11 is 1.68. The van der Waals surface area contributed by atoms with Gasteiger partial charge in [0.1, 0.15) is 5.69 Å². The molecule has 0 radical (unpaired) electrons. The summed E-state index contributed by atoms with van der Waals surface area (Å²) in [7, 11) is 0. The van der Waals surface area contributed by atoms with Crippen LogP contribution in [0.5, 0.6) is 0 Å². The number of piperidine rings is 1. The largest absolute Gasteiger partial charge is 0.350 e. The molecule has 2 N–H and O–H groups in total. The average molecular weight is 304 g/mol. The molecule has 5 nitrogen and oxygen atoms in total. The van der Waals surface area contributed by atoms with Crippen LogP contribution >= 0.6 is 11.3 Å². The summed E-state index contributed by atoms with van der Waals surface area (Å²) in [5.74, 6) is -0.0900. The van der Waals surface area contributed by atoms with Crippen molar-refractivity contribution in [2.24, 2.45) is 0 Å². The smallest absolute Gasteiger partial charge is 0.271 e. The Morgan fingerprint density at radius 3 is 3.24 bits per heavy atom. The Morgan fingerprint density at radius 1 is 1.52 bits per heavy atom. The van der Waals surface area contributed by atoms with Crippen molar-refractivity contribution in [2.75, 3.05) is 19.6 Å². The fraction of sp³-hybridized carbons (Fsp3) is 0.467. The van der Waals surface area contributed by atoms with Crippen molar-refractivity contribution in [3.63, 3.8) is 0 Å². The summed E-state index contributed by atoms with van der Waals surface area (Å²) in [4.78, 5) is 12.1. The molecule has 3 rings (SSSR count). The standard InChI is InChI=1S/C15H20N4OS/c20-15(17-7-3-12-5-9-21-11-12)14-4-8-19(18-14)13-2-1-6-16-10-13/h4-5,8-9,11,13,16H,1-3,6-7,10H2,(H,17,20)/t13-/m0/s1. The van der Waals surface area contributed by atoms with Crippen molar-refractivity contribution in [1.82, 2.24) is 20.4 Å². The van der Waals surface area contributed by atoms with Gasteiger partial charge in [-0.05, 0) is 54.3 Å². The van der Waals surface area contributed by atoms with Gasteiger partial charge in [-0.15, -0.1) is 0 Å². The number of hydrogen-bond donors (Lipinski definition) is 2. The van der Waals surface area contributed by atoms with Crippen LogP contribution in [0.2, 0.25) is 0 Å². The zero-order valence-electron chi connectivity index (χ0n) is 11.9. The van der Waals surface area contributed by atoms with Gasteiger partial charge < -0.3 is 10.6 Å². The minimum Gasteiger partial charge on any atom is -0.350 e. The van der Waals surface area contributed by atoms with Gasteiger partial charge in [-0.25, -0.2) is 0 Å². The molecule has 112 valence electrons. The molecule has 1 aliphatic rings. The molecule has 2 aromatic heterocycles. The van der Waals surface area contributed by atoms with Gasteiger partial charge in [0, 0.05) is 19.3 Å². The third kappa shape index (κ3) is 3.71. The molecular formula is C15H20N4OS. The Kier molecular flexibility index (Phi) is 4.67. The lowest BCUT2D eigenvalue weighted by molar-refractivity contribution is 0.0948. The van der Waals surface area contributed by atoms with Gasteiger partial charge in [0.25, 0.3) is 5.91 Å². The van der Waals surface area contributed by atoms with Crippen molar-refractivity contribution in [1.29, 1.82) is 0 Å². The van der Waals surface area contributed by atoms with E-state index in [4.69, 9.17) is 0 Å². The van der Waals surface area contributed by atoms with Gasteiger partial charge in [0.05, 0.1) is 6.04 Å². The third-order valence-electron chi connectivity index (χ3n) is 3.77. The molecule has 0 bridgehead atoms. The van der Waals surface area contributed by atoms with Gasteiger partial charge in [-0.3, -0.25) is 9.48 Å². The highest BCUT2D eigenvalue weighted by atomic mass is 32.1. The maximum absolute atomic E-state index is 12.1. The predicted octanol–water partition coefficient (Wildman–Crippen LogP) is 1.84. The number of aromatic nitrogens is 2. The van der Waals surface area contributed by atoms with Gasteiger partial charge in [-0.2, -0.15) is 16.4 Å². The third-order valence-corrected chi connectivity index (χ3v) is 4.50. The van der Waals surface area contributed by atoms with Gasteiger partial charge in [0.15, 0.2) is 0 Å². The minimum absolute atomic E-state index is 0.0900. The normalized spacial score (nSPS) is 18.6. The second kappa shape index (κ2) is 6.87. The average Bonchev–Trinajstić information content (AvgIpc) is 3.20. The maximum Gasteiger partial charge on any atom is 0.271 e. The van der Waals surface area contributed by atoms with E-state index in [-0.39, 0.29) is 5.91 Å².